The molecule has 0 aromatic heterocycles. The Hall–Kier alpha value is -2.45. The molecule has 0 amide bonds. The third-order valence-electron chi connectivity index (χ3n) is 3.12. The summed E-state index contributed by atoms with van der Waals surface area (Å²) in [5, 5.41) is 10.3. The zero-order valence-electron chi connectivity index (χ0n) is 14.5. The van der Waals surface area contributed by atoms with Crippen LogP contribution in [0.1, 0.15) is 0 Å². The van der Waals surface area contributed by atoms with Gasteiger partial charge in [0, 0.05) is 46.4 Å². The fraction of sp³-hybridized carbons (Fsp3) is 0.250. The summed E-state index contributed by atoms with van der Waals surface area (Å²) in [6.45, 7) is 0. The summed E-state index contributed by atoms with van der Waals surface area (Å²) in [7, 11) is 6.96. The average molecular weight is 375 g/mol. The Morgan fingerprint density at radius 3 is 1.72 bits per heavy atom. The summed E-state index contributed by atoms with van der Waals surface area (Å²) in [5.74, 6) is -0.804. The highest BCUT2D eigenvalue weighted by molar-refractivity contribution is 5.51. The molecule has 0 aliphatic rings. The van der Waals surface area contributed by atoms with Crippen LogP contribution in [0.4, 0.5) is 31.5 Å². The second kappa shape index (κ2) is 9.75. The number of non-ortho nitro benzene ring substituents is 1. The van der Waals surface area contributed by atoms with Gasteiger partial charge in [-0.2, -0.15) is 0 Å². The first-order chi connectivity index (χ1) is 11.1. The van der Waals surface area contributed by atoms with Crippen LogP contribution in [0, 0.1) is 21.7 Å². The minimum atomic E-state index is -0.622. The van der Waals surface area contributed by atoms with Crippen molar-refractivity contribution in [3.63, 3.8) is 0 Å². The molecule has 9 heteroatoms. The molecule has 2 aromatic carbocycles. The van der Waals surface area contributed by atoms with Gasteiger partial charge in [0.05, 0.1) is 22.4 Å². The Balaban J connectivity index is 0.000000449. The maximum atomic E-state index is 13.1. The summed E-state index contributed by atoms with van der Waals surface area (Å²) in [5.41, 5.74) is 5.03. The van der Waals surface area contributed by atoms with Crippen LogP contribution in [0.3, 0.4) is 0 Å². The molecule has 0 saturated heterocycles. The molecule has 25 heavy (non-hydrogen) atoms. The van der Waals surface area contributed by atoms with Crippen LogP contribution in [-0.2, 0) is 0 Å². The molecule has 0 spiro atoms. The van der Waals surface area contributed by atoms with Crippen LogP contribution >= 0.6 is 0 Å². The maximum absolute atomic E-state index is 13.1. The highest BCUT2D eigenvalue weighted by Gasteiger charge is 2.11. The van der Waals surface area contributed by atoms with Gasteiger partial charge in [0.15, 0.2) is 11.6 Å². The molecule has 6 nitrogen and oxygen atoms in total. The molecule has 3 N–H and O–H groups in total. The molecule has 0 saturated carbocycles. The summed E-state index contributed by atoms with van der Waals surface area (Å²) >= 11 is 0. The number of nitrogens with zero attached hydrogens (tertiary/aromatic N) is 3. The lowest BCUT2D eigenvalue weighted by Crippen LogP contribution is -3.00. The van der Waals surface area contributed by atoms with Gasteiger partial charge in [-0.1, -0.05) is 0 Å². The smallest absolute Gasteiger partial charge is 0.272 e. The lowest BCUT2D eigenvalue weighted by molar-refractivity contribution is -0.385. The van der Waals surface area contributed by atoms with E-state index in [0.29, 0.717) is 17.1 Å². The monoisotopic (exact) mass is 374 g/mol. The quantitative estimate of drug-likeness (QED) is 0.584. The summed E-state index contributed by atoms with van der Waals surface area (Å²) in [6.07, 6.45) is 0. The van der Waals surface area contributed by atoms with Gasteiger partial charge < -0.3 is 27.9 Å². The van der Waals surface area contributed by atoms with E-state index in [9.17, 15) is 18.9 Å². The van der Waals surface area contributed by atoms with E-state index < -0.39 is 10.7 Å². The maximum Gasteiger partial charge on any atom is 0.272 e. The zero-order chi connectivity index (χ0) is 18.4. The summed E-state index contributed by atoms with van der Waals surface area (Å²) < 4.78 is 26.1. The van der Waals surface area contributed by atoms with E-state index in [0.717, 1.165) is 6.07 Å². The van der Waals surface area contributed by atoms with Crippen molar-refractivity contribution in [3.8, 4) is 0 Å². The molecule has 0 radical (unpaired) electrons. The Morgan fingerprint density at radius 1 is 0.920 bits per heavy atom. The Bertz CT molecular complexity index is 727. The number of nitro groups is 1. The standard InChI is InChI=1S/C8H9FN2O2.C8H11FN2.ClH/c1-10(2)8-4-3-6(11(12)13)5-7(8)9;1-11(2)8-4-3-6(10)5-7(8)9;/h3-5H,1-2H3;3-5H,10H2,1-2H3;1H. The van der Waals surface area contributed by atoms with Crippen molar-refractivity contribution in [1.29, 1.82) is 0 Å². The molecule has 0 atom stereocenters. The van der Waals surface area contributed by atoms with Crippen molar-refractivity contribution < 1.29 is 31.8 Å². The van der Waals surface area contributed by atoms with Gasteiger partial charge in [-0.15, -0.1) is 0 Å². The topological polar surface area (TPSA) is 77.3 Å². The average Bonchev–Trinajstić information content (AvgIpc) is 2.46. The molecule has 0 aliphatic carbocycles. The Kier molecular flexibility index (Phi) is 8.80. The number of rotatable bonds is 3. The van der Waals surface area contributed by atoms with Crippen LogP contribution < -0.4 is 27.9 Å². The number of quaternary nitrogens is 1. The lowest BCUT2D eigenvalue weighted by atomic mass is 10.2. The minimum Gasteiger partial charge on any atom is -1.00 e. The number of halogens is 3. The first-order valence-electron chi connectivity index (χ1n) is 7.03. The third-order valence-corrected chi connectivity index (χ3v) is 3.12. The lowest BCUT2D eigenvalue weighted by Gasteiger charge is -2.12. The second-order valence-electron chi connectivity index (χ2n) is 5.47. The van der Waals surface area contributed by atoms with Crippen molar-refractivity contribution in [1.82, 2.24) is 0 Å². The molecule has 0 unspecified atom stereocenters. The number of anilines is 2. The second-order valence-corrected chi connectivity index (χ2v) is 5.47. The Morgan fingerprint density at radius 2 is 1.36 bits per heavy atom. The van der Waals surface area contributed by atoms with E-state index in [2.05, 4.69) is 5.73 Å². The molecule has 2 aromatic rings. The molecule has 0 heterocycles. The van der Waals surface area contributed by atoms with Gasteiger partial charge in [0.25, 0.3) is 5.69 Å². The number of benzene rings is 2. The SMILES string of the molecule is CN(C)c1ccc([N+](=O)[O-])cc1F.CN(C)c1ccc([NH3+])cc1F.[Cl-]. The van der Waals surface area contributed by atoms with E-state index in [1.165, 1.54) is 18.2 Å². The fourth-order valence-electron chi connectivity index (χ4n) is 1.89. The van der Waals surface area contributed by atoms with Gasteiger partial charge in [-0.3, -0.25) is 10.1 Å². The zero-order valence-corrected chi connectivity index (χ0v) is 15.2. The van der Waals surface area contributed by atoms with Crippen LogP contribution in [0.25, 0.3) is 0 Å². The minimum absolute atomic E-state index is 0. The van der Waals surface area contributed by atoms with Crippen LogP contribution in [0.15, 0.2) is 36.4 Å². The van der Waals surface area contributed by atoms with E-state index in [-0.39, 0.29) is 23.9 Å². The van der Waals surface area contributed by atoms with Crippen molar-refractivity contribution >= 4 is 22.7 Å². The first-order valence-corrected chi connectivity index (χ1v) is 7.03. The molecular formula is C16H21ClF2N4O2. The van der Waals surface area contributed by atoms with Gasteiger partial charge in [0.2, 0.25) is 0 Å². The summed E-state index contributed by atoms with van der Waals surface area (Å²) in [4.78, 5) is 12.9. The van der Waals surface area contributed by atoms with Crippen LogP contribution in [0.5, 0.6) is 0 Å². The van der Waals surface area contributed by atoms with Crippen molar-refractivity contribution in [2.45, 2.75) is 0 Å². The van der Waals surface area contributed by atoms with Gasteiger partial charge in [-0.25, -0.2) is 8.78 Å². The molecule has 0 aliphatic heterocycles. The predicted molar refractivity (Wildman–Crippen MR) is 90.7 cm³/mol. The normalized spacial score (nSPS) is 9.40. The van der Waals surface area contributed by atoms with Crippen molar-refractivity contribution in [2.24, 2.45) is 0 Å². The highest BCUT2D eigenvalue weighted by Crippen LogP contribution is 2.22. The molecule has 0 bridgehead atoms. The molecule has 2 rings (SSSR count). The van der Waals surface area contributed by atoms with Crippen molar-refractivity contribution in [3.05, 3.63) is 58.1 Å². The van der Waals surface area contributed by atoms with Crippen LogP contribution in [-0.4, -0.2) is 33.1 Å². The van der Waals surface area contributed by atoms with E-state index in [1.54, 1.807) is 50.1 Å². The largest absolute Gasteiger partial charge is 1.00 e. The Labute approximate surface area is 151 Å². The summed E-state index contributed by atoms with van der Waals surface area (Å²) in [6, 6.07) is 8.51. The molecular weight excluding hydrogens is 354 g/mol. The van der Waals surface area contributed by atoms with Crippen molar-refractivity contribution in [2.75, 3.05) is 38.0 Å². The number of nitro benzene ring substituents is 1. The predicted octanol–water partition coefficient (Wildman–Crippen LogP) is -0.431. The number of hydrogen-bond donors (Lipinski definition) is 1. The van der Waals surface area contributed by atoms with E-state index in [4.69, 9.17) is 0 Å². The molecule has 0 fully saturated rings. The fourth-order valence-corrected chi connectivity index (χ4v) is 1.89. The van der Waals surface area contributed by atoms with Crippen LogP contribution in [0.2, 0.25) is 0 Å². The first kappa shape index (κ1) is 22.6. The van der Waals surface area contributed by atoms with Gasteiger partial charge in [0.1, 0.15) is 5.69 Å². The number of hydrogen-bond acceptors (Lipinski definition) is 4. The van der Waals surface area contributed by atoms with Gasteiger partial charge in [-0.05, 0) is 12.1 Å². The van der Waals surface area contributed by atoms with E-state index >= 15 is 0 Å². The molecule has 138 valence electrons. The third kappa shape index (κ3) is 6.52. The highest BCUT2D eigenvalue weighted by atomic mass is 35.5. The van der Waals surface area contributed by atoms with E-state index in [1.807, 2.05) is 0 Å². The van der Waals surface area contributed by atoms with Gasteiger partial charge >= 0.3 is 0 Å².